The average Bonchev–Trinajstić information content (AvgIpc) is 3.04. The number of benzene rings is 3. The lowest BCUT2D eigenvalue weighted by atomic mass is 9.55. The van der Waals surface area contributed by atoms with Gasteiger partial charge in [-0.05, 0) is 34.4 Å². The third kappa shape index (κ3) is 2.04. The van der Waals surface area contributed by atoms with Crippen molar-refractivity contribution < 1.29 is 14.8 Å². The van der Waals surface area contributed by atoms with Crippen LogP contribution in [0.3, 0.4) is 0 Å². The van der Waals surface area contributed by atoms with Crippen LogP contribution in [-0.4, -0.2) is 17.0 Å². The fourth-order valence-corrected chi connectivity index (χ4v) is 5.73. The van der Waals surface area contributed by atoms with Gasteiger partial charge >= 0.3 is 0 Å². The van der Waals surface area contributed by atoms with Gasteiger partial charge in [0.25, 0.3) is 0 Å². The Morgan fingerprint density at radius 1 is 0.700 bits per heavy atom. The minimum atomic E-state index is -0.529. The molecule has 0 saturated carbocycles. The summed E-state index contributed by atoms with van der Waals surface area (Å²) in [6.45, 7) is 0. The summed E-state index contributed by atoms with van der Waals surface area (Å²) in [7, 11) is 0. The molecule has 0 spiro atoms. The number of carbonyl (C=O) groups is 2. The number of carbonyl (C=O) groups excluding carboxylic acids is 2. The predicted molar refractivity (Wildman–Crippen MR) is 110 cm³/mol. The van der Waals surface area contributed by atoms with Crippen molar-refractivity contribution in [2.24, 2.45) is 11.8 Å². The van der Waals surface area contributed by atoms with Gasteiger partial charge in [-0.2, -0.15) is 0 Å². The second kappa shape index (κ2) is 6.01. The third-order valence-corrected chi connectivity index (χ3v) is 6.78. The van der Waals surface area contributed by atoms with Crippen molar-refractivity contribution in [2.45, 2.75) is 11.8 Å². The number of hydrogen-bond donors (Lipinski definition) is 1. The highest BCUT2D eigenvalue weighted by Gasteiger charge is 2.61. The fourth-order valence-electron chi connectivity index (χ4n) is 5.73. The summed E-state index contributed by atoms with van der Waals surface area (Å²) in [6, 6.07) is 22.2. The van der Waals surface area contributed by atoms with Crippen molar-refractivity contribution in [3.63, 3.8) is 0 Å². The Balaban J connectivity index is 1.57. The minimum Gasteiger partial charge on any atom is -0.733 e. The molecular weight excluding hydrogens is 380 g/mol. The minimum absolute atomic E-state index is 0.118. The molecule has 3 aromatic rings. The summed E-state index contributed by atoms with van der Waals surface area (Å²) in [6.07, 6.45) is 0. The van der Waals surface area contributed by atoms with Gasteiger partial charge in [0.1, 0.15) is 0 Å². The molecule has 2 amide bonds. The van der Waals surface area contributed by atoms with Crippen LogP contribution in [0.1, 0.15) is 34.1 Å². The zero-order valence-electron chi connectivity index (χ0n) is 15.8. The van der Waals surface area contributed by atoms with Crippen LogP contribution < -0.4 is 10.1 Å². The van der Waals surface area contributed by atoms with Gasteiger partial charge in [-0.3, -0.25) is 14.8 Å². The first-order valence-electron chi connectivity index (χ1n) is 9.90. The van der Waals surface area contributed by atoms with Crippen molar-refractivity contribution in [3.05, 3.63) is 100 Å². The molecule has 6 nitrogen and oxygen atoms in total. The van der Waals surface area contributed by atoms with E-state index in [0.717, 1.165) is 27.2 Å². The van der Waals surface area contributed by atoms with E-state index in [0.29, 0.717) is 0 Å². The molecule has 2 atom stereocenters. The first-order valence-corrected chi connectivity index (χ1v) is 9.90. The van der Waals surface area contributed by atoms with Crippen LogP contribution in [0.25, 0.3) is 0 Å². The van der Waals surface area contributed by atoms with E-state index >= 15 is 0 Å². The molecule has 2 bridgehead atoms. The summed E-state index contributed by atoms with van der Waals surface area (Å²) in [5, 5.41) is 20.9. The number of imide groups is 1. The third-order valence-electron chi connectivity index (χ3n) is 6.78. The topological polar surface area (TPSA) is 83.9 Å². The Bertz CT molecular complexity index is 1110. The highest BCUT2D eigenvalue weighted by Crippen LogP contribution is 2.61. The lowest BCUT2D eigenvalue weighted by Gasteiger charge is -2.45. The quantitative estimate of drug-likeness (QED) is 0.526. The van der Waals surface area contributed by atoms with Gasteiger partial charge in [-0.15, -0.1) is 0 Å². The molecule has 3 aromatic carbocycles. The van der Waals surface area contributed by atoms with E-state index < -0.39 is 11.8 Å². The van der Waals surface area contributed by atoms with Crippen LogP contribution in [-0.2, 0) is 9.59 Å². The Morgan fingerprint density at radius 3 is 1.53 bits per heavy atom. The number of hydrogen-bond acceptors (Lipinski definition) is 5. The highest BCUT2D eigenvalue weighted by atomic mass is 16.8. The molecule has 1 heterocycles. The summed E-state index contributed by atoms with van der Waals surface area (Å²) < 4.78 is 0. The molecule has 6 heteroatoms. The van der Waals surface area contributed by atoms with Gasteiger partial charge in [0.15, 0.2) is 0 Å². The van der Waals surface area contributed by atoms with Crippen molar-refractivity contribution in [1.82, 2.24) is 0 Å². The summed E-state index contributed by atoms with van der Waals surface area (Å²) in [4.78, 5) is 28.4. The first-order chi connectivity index (χ1) is 14.6. The second-order valence-electron chi connectivity index (χ2n) is 8.04. The molecule has 3 aliphatic carbocycles. The van der Waals surface area contributed by atoms with E-state index in [1.807, 2.05) is 48.5 Å². The van der Waals surface area contributed by atoms with Gasteiger partial charge in [0, 0.05) is 11.8 Å². The Labute approximate surface area is 172 Å². The zero-order chi connectivity index (χ0) is 20.6. The number of para-hydroxylation sites is 2. The smallest absolute Gasteiger partial charge is 0.238 e. The number of rotatable bonds is 2. The monoisotopic (exact) mass is 397 g/mol. The Kier molecular flexibility index (Phi) is 3.48. The largest absolute Gasteiger partial charge is 0.733 e. The van der Waals surface area contributed by atoms with Crippen LogP contribution in [0.4, 0.5) is 11.4 Å². The molecule has 0 radical (unpaired) electrons. The van der Waals surface area contributed by atoms with E-state index in [1.165, 1.54) is 12.1 Å². The van der Waals surface area contributed by atoms with E-state index in [-0.39, 0.29) is 40.3 Å². The number of anilines is 2. The fraction of sp³-hybridized carbons (Fsp3) is 0.167. The summed E-state index contributed by atoms with van der Waals surface area (Å²) in [5.74, 6) is -2.12. The lowest BCUT2D eigenvalue weighted by Crippen LogP contribution is -2.41. The predicted octanol–water partition coefficient (Wildman–Crippen LogP) is 3.78. The maximum absolute atomic E-state index is 13.6. The van der Waals surface area contributed by atoms with Crippen LogP contribution in [0.2, 0.25) is 0 Å². The summed E-state index contributed by atoms with van der Waals surface area (Å²) >= 11 is 0. The molecule has 1 fully saturated rings. The zero-order valence-corrected chi connectivity index (χ0v) is 15.8. The molecule has 7 rings (SSSR count). The standard InChI is InChI=1S/C24H17N2O4/c27-23-21-19-13-7-1-2-8-14(13)20(16-10-4-3-9-15(16)19)22(21)24(28)25(23)17-11-5-6-12-18(17)26(29)30/h1-12,19-22,29H/q-1. The number of amides is 2. The average molecular weight is 397 g/mol. The molecule has 30 heavy (non-hydrogen) atoms. The summed E-state index contributed by atoms with van der Waals surface area (Å²) in [5.41, 5.74) is 4.35. The van der Waals surface area contributed by atoms with Gasteiger partial charge in [0.2, 0.25) is 11.8 Å². The van der Waals surface area contributed by atoms with Crippen molar-refractivity contribution >= 4 is 23.2 Å². The molecule has 1 saturated heterocycles. The molecule has 148 valence electrons. The van der Waals surface area contributed by atoms with Crippen LogP contribution in [0.15, 0.2) is 72.8 Å². The van der Waals surface area contributed by atoms with E-state index in [2.05, 4.69) is 0 Å². The molecule has 0 aromatic heterocycles. The SMILES string of the molecule is O=C1C2C3c4ccccc4C(c4ccccc43)C2C(=O)N1c1ccccc1N([O-])O. The maximum atomic E-state index is 13.6. The first kappa shape index (κ1) is 17.4. The van der Waals surface area contributed by atoms with Gasteiger partial charge in [-0.1, -0.05) is 60.7 Å². The normalized spacial score (nSPS) is 25.7. The Hall–Kier alpha value is -3.48. The molecule has 1 aliphatic heterocycles. The van der Waals surface area contributed by atoms with E-state index in [9.17, 15) is 20.0 Å². The number of nitrogens with zero attached hydrogens (tertiary/aromatic N) is 2. The van der Waals surface area contributed by atoms with Crippen molar-refractivity contribution in [1.29, 1.82) is 0 Å². The molecule has 2 unspecified atom stereocenters. The van der Waals surface area contributed by atoms with Gasteiger partial charge in [0.05, 0.1) is 23.2 Å². The Morgan fingerprint density at radius 2 is 1.10 bits per heavy atom. The second-order valence-corrected chi connectivity index (χ2v) is 8.04. The van der Waals surface area contributed by atoms with Crippen LogP contribution in [0, 0.1) is 17.0 Å². The highest BCUT2D eigenvalue weighted by molar-refractivity contribution is 6.24. The van der Waals surface area contributed by atoms with Gasteiger partial charge in [-0.25, -0.2) is 4.90 Å². The van der Waals surface area contributed by atoms with Gasteiger partial charge < -0.3 is 10.4 Å². The van der Waals surface area contributed by atoms with Crippen LogP contribution in [0.5, 0.6) is 0 Å². The maximum Gasteiger partial charge on any atom is 0.238 e. The lowest BCUT2D eigenvalue weighted by molar-refractivity contribution is -0.122. The van der Waals surface area contributed by atoms with Crippen molar-refractivity contribution in [3.8, 4) is 0 Å². The molecule has 4 aliphatic rings. The van der Waals surface area contributed by atoms with Crippen molar-refractivity contribution in [2.75, 3.05) is 10.1 Å². The van der Waals surface area contributed by atoms with Crippen LogP contribution >= 0.6 is 0 Å². The van der Waals surface area contributed by atoms with E-state index in [4.69, 9.17) is 0 Å². The van der Waals surface area contributed by atoms with E-state index in [1.54, 1.807) is 12.1 Å². The molecule has 1 N–H and O–H groups in total. The molecular formula is C24H17N2O4-.